The number of nitrogens with zero attached hydrogens (tertiary/aromatic N) is 4. The lowest BCUT2D eigenvalue weighted by Crippen LogP contribution is -2.49. The predicted molar refractivity (Wildman–Crippen MR) is 175 cm³/mol. The highest BCUT2D eigenvalue weighted by molar-refractivity contribution is 5.95. The average molecular weight is 552 g/mol. The quantitative estimate of drug-likeness (QED) is 0.297. The third-order valence-electron chi connectivity index (χ3n) is 6.80. The van der Waals surface area contributed by atoms with Crippen molar-refractivity contribution >= 4 is 29.8 Å². The molecule has 0 spiro atoms. The van der Waals surface area contributed by atoms with E-state index in [0.717, 1.165) is 82.1 Å². The van der Waals surface area contributed by atoms with E-state index < -0.39 is 0 Å². The number of aromatic nitrogens is 1. The minimum Gasteiger partial charge on any atom is -0.354 e. The fourth-order valence-electron chi connectivity index (χ4n) is 4.34. The molecule has 1 N–H and O–H groups in total. The Kier molecular flexibility index (Phi) is 11.5. The first-order chi connectivity index (χ1) is 19.6. The lowest BCUT2D eigenvalue weighted by molar-refractivity contribution is 0.407. The SMILES string of the molecule is C=C(C)/C(F)=C\C=C(/C)C(/N=C(C)/C=C\C=C/C)=C(C)c1ccc(=C)/c(=C\C(=C/C)C2=CCN3CCNCC3=N2)n1. The molecule has 1 saturated heterocycles. The van der Waals surface area contributed by atoms with Crippen molar-refractivity contribution in [2.45, 2.75) is 41.5 Å². The smallest absolute Gasteiger partial charge is 0.125 e. The van der Waals surface area contributed by atoms with Crippen LogP contribution in [0.15, 0.2) is 111 Å². The molecule has 1 fully saturated rings. The molecule has 3 heterocycles. The molecule has 2 aliphatic heterocycles. The summed E-state index contributed by atoms with van der Waals surface area (Å²) >= 11 is 0. The molecule has 0 aromatic carbocycles. The number of aliphatic imine (C=N–C) groups is 2. The van der Waals surface area contributed by atoms with E-state index in [2.05, 4.69) is 35.5 Å². The first-order valence-electron chi connectivity index (χ1n) is 14.0. The van der Waals surface area contributed by atoms with Crippen molar-refractivity contribution in [1.29, 1.82) is 0 Å². The van der Waals surface area contributed by atoms with Crippen LogP contribution >= 0.6 is 0 Å². The minimum absolute atomic E-state index is 0.363. The van der Waals surface area contributed by atoms with Gasteiger partial charge >= 0.3 is 0 Å². The molecule has 214 valence electrons. The van der Waals surface area contributed by atoms with E-state index in [4.69, 9.17) is 15.0 Å². The average Bonchev–Trinajstić information content (AvgIpc) is 2.97. The van der Waals surface area contributed by atoms with Crippen molar-refractivity contribution in [2.24, 2.45) is 9.98 Å². The second-order valence-electron chi connectivity index (χ2n) is 10.1. The van der Waals surface area contributed by atoms with Crippen LogP contribution in [-0.4, -0.2) is 47.6 Å². The van der Waals surface area contributed by atoms with Crippen LogP contribution < -0.4 is 15.9 Å². The van der Waals surface area contributed by atoms with Gasteiger partial charge in [0.1, 0.15) is 11.7 Å². The van der Waals surface area contributed by atoms with Crippen molar-refractivity contribution in [1.82, 2.24) is 15.2 Å². The highest BCUT2D eigenvalue weighted by Crippen LogP contribution is 2.24. The summed E-state index contributed by atoms with van der Waals surface area (Å²) in [5.74, 6) is 0.704. The molecule has 0 amide bonds. The zero-order chi connectivity index (χ0) is 29.9. The summed E-state index contributed by atoms with van der Waals surface area (Å²) in [7, 11) is 0. The summed E-state index contributed by atoms with van der Waals surface area (Å²) in [4.78, 5) is 17.1. The van der Waals surface area contributed by atoms with Crippen LogP contribution in [0.1, 0.15) is 47.2 Å². The Bertz CT molecular complexity index is 1560. The fourth-order valence-corrected chi connectivity index (χ4v) is 4.34. The lowest BCUT2D eigenvalue weighted by atomic mass is 10.0. The Morgan fingerprint density at radius 2 is 1.90 bits per heavy atom. The van der Waals surface area contributed by atoms with E-state index in [1.54, 1.807) is 13.0 Å². The molecule has 6 heteroatoms. The zero-order valence-electron chi connectivity index (χ0n) is 25.3. The van der Waals surface area contributed by atoms with Crippen LogP contribution in [-0.2, 0) is 0 Å². The Morgan fingerprint density at radius 3 is 2.61 bits per heavy atom. The van der Waals surface area contributed by atoms with Crippen molar-refractivity contribution in [3.8, 4) is 0 Å². The van der Waals surface area contributed by atoms with Gasteiger partial charge in [0.25, 0.3) is 0 Å². The van der Waals surface area contributed by atoms with Crippen LogP contribution in [0.5, 0.6) is 0 Å². The van der Waals surface area contributed by atoms with E-state index in [1.807, 2.05) is 77.1 Å². The van der Waals surface area contributed by atoms with Gasteiger partial charge in [-0.2, -0.15) is 0 Å². The molecule has 1 aromatic heterocycles. The number of halogens is 1. The van der Waals surface area contributed by atoms with Crippen LogP contribution in [0.25, 0.3) is 18.2 Å². The molecular formula is C35H42FN5. The summed E-state index contributed by atoms with van der Waals surface area (Å²) in [6, 6.07) is 3.92. The van der Waals surface area contributed by atoms with Crippen LogP contribution in [0, 0.1) is 0 Å². The molecule has 1 aromatic rings. The molecule has 0 bridgehead atoms. The number of hydrogen-bond acceptors (Lipinski definition) is 5. The number of amidine groups is 1. The highest BCUT2D eigenvalue weighted by Gasteiger charge is 2.19. The molecule has 41 heavy (non-hydrogen) atoms. The van der Waals surface area contributed by atoms with E-state index in [9.17, 15) is 4.39 Å². The molecular weight excluding hydrogens is 509 g/mol. The monoisotopic (exact) mass is 551 g/mol. The standard InChI is InChI=1S/C35H42FN5/c1-9-11-12-13-27(7)38-35(26(6)14-16-30(36)24(3)4)28(8)31-17-15-25(5)33(39-31)22-29(10-2)32-18-20-41-21-19-37-23-34(41)40-32/h9-18,22,37H,3,5,19-21,23H2,1-2,4,6-8H3/b11-9-,13-12-,26-14+,29-10+,30-16+,33-22+,35-28?,38-27+. The summed E-state index contributed by atoms with van der Waals surface area (Å²) in [6.45, 7) is 23.0. The van der Waals surface area contributed by atoms with Gasteiger partial charge in [-0.3, -0.25) is 4.99 Å². The van der Waals surface area contributed by atoms with Crippen molar-refractivity contribution in [3.05, 3.63) is 118 Å². The van der Waals surface area contributed by atoms with E-state index in [0.29, 0.717) is 5.57 Å². The van der Waals surface area contributed by atoms with E-state index in [-0.39, 0.29) is 5.83 Å². The lowest BCUT2D eigenvalue weighted by Gasteiger charge is -2.32. The van der Waals surface area contributed by atoms with Crippen LogP contribution in [0.2, 0.25) is 0 Å². The highest BCUT2D eigenvalue weighted by atomic mass is 19.1. The van der Waals surface area contributed by atoms with Crippen molar-refractivity contribution in [2.75, 3.05) is 26.2 Å². The van der Waals surface area contributed by atoms with Gasteiger partial charge in [0.2, 0.25) is 0 Å². The summed E-state index contributed by atoms with van der Waals surface area (Å²) < 4.78 is 14.2. The normalized spacial score (nSPS) is 18.5. The van der Waals surface area contributed by atoms with Gasteiger partial charge in [0.05, 0.1) is 29.0 Å². The number of allylic oxidation sites excluding steroid dienone is 12. The molecule has 0 aliphatic carbocycles. The molecule has 0 atom stereocenters. The van der Waals surface area contributed by atoms with Crippen LogP contribution in [0.4, 0.5) is 4.39 Å². The van der Waals surface area contributed by atoms with Gasteiger partial charge < -0.3 is 10.2 Å². The Labute approximate surface area is 244 Å². The first kappa shape index (κ1) is 31.4. The molecule has 0 unspecified atom stereocenters. The third-order valence-corrected chi connectivity index (χ3v) is 6.80. The first-order valence-corrected chi connectivity index (χ1v) is 14.0. The van der Waals surface area contributed by atoms with Gasteiger partial charge in [-0.05, 0) is 93.9 Å². The maximum Gasteiger partial charge on any atom is 0.125 e. The van der Waals surface area contributed by atoms with Crippen molar-refractivity contribution in [3.63, 3.8) is 0 Å². The summed E-state index contributed by atoms with van der Waals surface area (Å²) in [6.07, 6.45) is 17.2. The second-order valence-corrected chi connectivity index (χ2v) is 10.1. The van der Waals surface area contributed by atoms with Gasteiger partial charge in [-0.1, -0.05) is 49.6 Å². The number of pyridine rings is 1. The van der Waals surface area contributed by atoms with E-state index >= 15 is 0 Å². The molecule has 5 nitrogen and oxygen atoms in total. The third kappa shape index (κ3) is 8.66. The number of rotatable bonds is 9. The summed E-state index contributed by atoms with van der Waals surface area (Å²) in [5.41, 5.74) is 6.33. The summed E-state index contributed by atoms with van der Waals surface area (Å²) in [5, 5.41) is 4.99. The second kappa shape index (κ2) is 15.0. The largest absolute Gasteiger partial charge is 0.354 e. The maximum absolute atomic E-state index is 14.2. The Morgan fingerprint density at radius 1 is 1.12 bits per heavy atom. The number of nitrogens with one attached hydrogen (secondary N) is 1. The van der Waals surface area contributed by atoms with Crippen molar-refractivity contribution < 1.29 is 4.39 Å². The molecule has 0 radical (unpaired) electrons. The van der Waals surface area contributed by atoms with E-state index in [1.165, 1.54) is 6.08 Å². The number of fused-ring (bicyclic) bond motifs is 1. The molecule has 0 saturated carbocycles. The molecule has 3 rings (SSSR count). The zero-order valence-corrected chi connectivity index (χ0v) is 25.3. The van der Waals surface area contributed by atoms with Gasteiger partial charge in [-0.15, -0.1) is 0 Å². The van der Waals surface area contributed by atoms with Gasteiger partial charge in [0, 0.05) is 30.9 Å². The van der Waals surface area contributed by atoms with Gasteiger partial charge in [0.15, 0.2) is 0 Å². The number of hydrogen-bond donors (Lipinski definition) is 1. The predicted octanol–water partition coefficient (Wildman–Crippen LogP) is 6.12. The Balaban J connectivity index is 2.11. The maximum atomic E-state index is 14.2. The number of piperazine rings is 1. The Hall–Kier alpha value is -4.16. The van der Waals surface area contributed by atoms with Crippen LogP contribution in [0.3, 0.4) is 0 Å². The molecule has 2 aliphatic rings. The minimum atomic E-state index is -0.363. The van der Waals surface area contributed by atoms with Gasteiger partial charge in [-0.25, -0.2) is 14.4 Å². The topological polar surface area (TPSA) is 52.9 Å². The fraction of sp³-hybridized carbons (Fsp3) is 0.286.